The van der Waals surface area contributed by atoms with Crippen molar-refractivity contribution < 1.29 is 9.53 Å². The van der Waals surface area contributed by atoms with Crippen molar-refractivity contribution in [1.82, 2.24) is 10.2 Å². The average molecular weight is 395 g/mol. The van der Waals surface area contributed by atoms with Crippen molar-refractivity contribution in [1.29, 1.82) is 0 Å². The molecule has 2 aromatic carbocycles. The van der Waals surface area contributed by atoms with Crippen LogP contribution in [0.1, 0.15) is 72.1 Å². The zero-order valence-electron chi connectivity index (χ0n) is 18.0. The van der Waals surface area contributed by atoms with Gasteiger partial charge in [0.05, 0.1) is 13.2 Å². The third-order valence-electron chi connectivity index (χ3n) is 5.86. The first kappa shape index (κ1) is 21.4. The number of carbonyl (C=O) groups is 1. The number of hydrogen-bond donors (Lipinski definition) is 1. The number of nitrogens with one attached hydrogen (secondary N) is 1. The van der Waals surface area contributed by atoms with E-state index in [1.807, 2.05) is 31.2 Å². The second kappa shape index (κ2) is 10.4. The Morgan fingerprint density at radius 3 is 2.34 bits per heavy atom. The van der Waals surface area contributed by atoms with E-state index in [1.54, 1.807) is 7.11 Å². The minimum absolute atomic E-state index is 0.0103. The summed E-state index contributed by atoms with van der Waals surface area (Å²) in [5.74, 6) is 0.849. The van der Waals surface area contributed by atoms with Crippen LogP contribution in [0.2, 0.25) is 0 Å². The maximum absolute atomic E-state index is 12.8. The third-order valence-corrected chi connectivity index (χ3v) is 5.86. The topological polar surface area (TPSA) is 41.6 Å². The van der Waals surface area contributed by atoms with Crippen molar-refractivity contribution in [3.8, 4) is 5.75 Å². The monoisotopic (exact) mass is 394 g/mol. The van der Waals surface area contributed by atoms with Crippen LogP contribution in [0, 0.1) is 6.92 Å². The van der Waals surface area contributed by atoms with Crippen LogP contribution in [0.15, 0.2) is 42.5 Å². The highest BCUT2D eigenvalue weighted by Crippen LogP contribution is 2.24. The largest absolute Gasteiger partial charge is 0.496 e. The van der Waals surface area contributed by atoms with Crippen LogP contribution in [0.3, 0.4) is 0 Å². The smallest absolute Gasteiger partial charge is 0.251 e. The summed E-state index contributed by atoms with van der Waals surface area (Å²) in [5.41, 5.74) is 4.18. The molecule has 0 aliphatic carbocycles. The van der Waals surface area contributed by atoms with E-state index in [0.29, 0.717) is 5.56 Å². The third kappa shape index (κ3) is 5.83. The molecule has 0 bridgehead atoms. The zero-order valence-corrected chi connectivity index (χ0v) is 18.0. The summed E-state index contributed by atoms with van der Waals surface area (Å²) in [6.45, 7) is 7.46. The van der Waals surface area contributed by atoms with E-state index < -0.39 is 0 Å². The van der Waals surface area contributed by atoms with Crippen LogP contribution in [0.25, 0.3) is 0 Å². The molecule has 0 unspecified atom stereocenters. The number of ether oxygens (including phenoxy) is 1. The fourth-order valence-corrected chi connectivity index (χ4v) is 4.10. The van der Waals surface area contributed by atoms with Crippen LogP contribution in [0.4, 0.5) is 0 Å². The van der Waals surface area contributed by atoms with Crippen LogP contribution in [0.5, 0.6) is 5.75 Å². The van der Waals surface area contributed by atoms with Gasteiger partial charge in [-0.15, -0.1) is 0 Å². The summed E-state index contributed by atoms with van der Waals surface area (Å²) in [6, 6.07) is 14.2. The first-order valence-electron chi connectivity index (χ1n) is 10.9. The van der Waals surface area contributed by atoms with Gasteiger partial charge in [0.1, 0.15) is 5.75 Å². The van der Waals surface area contributed by atoms with Gasteiger partial charge in [-0.3, -0.25) is 9.69 Å². The summed E-state index contributed by atoms with van der Waals surface area (Å²) in [7, 11) is 1.68. The molecule has 1 heterocycles. The normalized spacial score (nSPS) is 16.1. The SMILES string of the molecule is CC[C@H](NC(=O)c1ccc(CN2CCCCCC2)cc1)c1ccc(OC)c(C)c1. The minimum atomic E-state index is -0.0216. The van der Waals surface area contributed by atoms with E-state index in [-0.39, 0.29) is 11.9 Å². The molecule has 0 aromatic heterocycles. The molecule has 1 atom stereocenters. The predicted octanol–water partition coefficient (Wildman–Crippen LogP) is 5.26. The van der Waals surface area contributed by atoms with Gasteiger partial charge >= 0.3 is 0 Å². The van der Waals surface area contributed by atoms with E-state index in [4.69, 9.17) is 4.74 Å². The maximum Gasteiger partial charge on any atom is 0.251 e. The van der Waals surface area contributed by atoms with E-state index >= 15 is 0 Å². The molecule has 0 saturated carbocycles. The molecule has 1 N–H and O–H groups in total. The Hall–Kier alpha value is -2.33. The minimum Gasteiger partial charge on any atom is -0.496 e. The number of aryl methyl sites for hydroxylation is 1. The summed E-state index contributed by atoms with van der Waals surface area (Å²) in [4.78, 5) is 15.3. The molecule has 1 fully saturated rings. The van der Waals surface area contributed by atoms with E-state index in [9.17, 15) is 4.79 Å². The van der Waals surface area contributed by atoms with Gasteiger partial charge in [-0.05, 0) is 74.2 Å². The van der Waals surface area contributed by atoms with Crippen molar-refractivity contribution in [2.45, 2.75) is 58.5 Å². The quantitative estimate of drug-likeness (QED) is 0.696. The lowest BCUT2D eigenvalue weighted by molar-refractivity contribution is 0.0935. The number of methoxy groups -OCH3 is 1. The van der Waals surface area contributed by atoms with Crippen LogP contribution in [-0.2, 0) is 6.54 Å². The Kier molecular flexibility index (Phi) is 7.70. The van der Waals surface area contributed by atoms with Crippen molar-refractivity contribution in [3.63, 3.8) is 0 Å². The Bertz CT molecular complexity index is 793. The maximum atomic E-state index is 12.8. The summed E-state index contributed by atoms with van der Waals surface area (Å²) >= 11 is 0. The highest BCUT2D eigenvalue weighted by atomic mass is 16.5. The number of nitrogens with zero attached hydrogens (tertiary/aromatic N) is 1. The predicted molar refractivity (Wildman–Crippen MR) is 118 cm³/mol. The fourth-order valence-electron chi connectivity index (χ4n) is 4.10. The molecule has 0 radical (unpaired) electrons. The van der Waals surface area contributed by atoms with Crippen LogP contribution in [-0.4, -0.2) is 31.0 Å². The number of hydrogen-bond acceptors (Lipinski definition) is 3. The van der Waals surface area contributed by atoms with Crippen molar-refractivity contribution in [3.05, 3.63) is 64.7 Å². The first-order chi connectivity index (χ1) is 14.1. The Morgan fingerprint density at radius 2 is 1.76 bits per heavy atom. The molecule has 156 valence electrons. The number of benzene rings is 2. The molecule has 1 amide bonds. The van der Waals surface area contributed by atoms with Gasteiger partial charge in [0, 0.05) is 12.1 Å². The van der Waals surface area contributed by atoms with Gasteiger partial charge in [-0.1, -0.05) is 44.0 Å². The molecule has 29 heavy (non-hydrogen) atoms. The Labute approximate surface area is 175 Å². The Balaban J connectivity index is 1.62. The molecular weight excluding hydrogens is 360 g/mol. The standard InChI is InChI=1S/C25H34N2O2/c1-4-23(22-13-14-24(29-3)19(2)17-22)26-25(28)21-11-9-20(10-12-21)18-27-15-7-5-6-8-16-27/h9-14,17,23H,4-8,15-16,18H2,1-3H3,(H,26,28)/t23-/m0/s1. The zero-order chi connectivity index (χ0) is 20.6. The molecule has 4 nitrogen and oxygen atoms in total. The van der Waals surface area contributed by atoms with Crippen molar-refractivity contribution in [2.24, 2.45) is 0 Å². The molecular formula is C25H34N2O2. The van der Waals surface area contributed by atoms with Crippen molar-refractivity contribution >= 4 is 5.91 Å². The van der Waals surface area contributed by atoms with E-state index in [0.717, 1.165) is 29.8 Å². The fraction of sp³-hybridized carbons (Fsp3) is 0.480. The number of carbonyl (C=O) groups excluding carboxylic acids is 1. The average Bonchev–Trinajstić information content (AvgIpc) is 3.01. The van der Waals surface area contributed by atoms with Gasteiger partial charge in [0.25, 0.3) is 5.91 Å². The lowest BCUT2D eigenvalue weighted by Gasteiger charge is -2.20. The lowest BCUT2D eigenvalue weighted by Crippen LogP contribution is -2.28. The number of rotatable bonds is 7. The lowest BCUT2D eigenvalue weighted by atomic mass is 10.0. The molecule has 0 spiro atoms. The number of likely N-dealkylation sites (tertiary alicyclic amines) is 1. The van der Waals surface area contributed by atoms with Crippen LogP contribution >= 0.6 is 0 Å². The molecule has 1 saturated heterocycles. The molecule has 2 aromatic rings. The molecule has 1 aliphatic heterocycles. The summed E-state index contributed by atoms with van der Waals surface area (Å²) < 4.78 is 5.35. The van der Waals surface area contributed by atoms with Gasteiger partial charge < -0.3 is 10.1 Å². The summed E-state index contributed by atoms with van der Waals surface area (Å²) in [5, 5.41) is 3.18. The van der Waals surface area contributed by atoms with Gasteiger partial charge in [0.15, 0.2) is 0 Å². The second-order valence-electron chi connectivity index (χ2n) is 8.05. The number of amides is 1. The summed E-state index contributed by atoms with van der Waals surface area (Å²) in [6.07, 6.45) is 6.13. The van der Waals surface area contributed by atoms with E-state index in [2.05, 4.69) is 35.3 Å². The van der Waals surface area contributed by atoms with Crippen LogP contribution < -0.4 is 10.1 Å². The molecule has 1 aliphatic rings. The molecule has 3 rings (SSSR count). The van der Waals surface area contributed by atoms with Gasteiger partial charge in [-0.25, -0.2) is 0 Å². The van der Waals surface area contributed by atoms with Crippen molar-refractivity contribution in [2.75, 3.05) is 20.2 Å². The molecule has 4 heteroatoms. The highest BCUT2D eigenvalue weighted by molar-refractivity contribution is 5.94. The van der Waals surface area contributed by atoms with Gasteiger partial charge in [-0.2, -0.15) is 0 Å². The highest BCUT2D eigenvalue weighted by Gasteiger charge is 2.16. The van der Waals surface area contributed by atoms with Gasteiger partial charge in [0.2, 0.25) is 0 Å². The first-order valence-corrected chi connectivity index (χ1v) is 10.9. The second-order valence-corrected chi connectivity index (χ2v) is 8.05. The van der Waals surface area contributed by atoms with E-state index in [1.165, 1.54) is 44.3 Å². The Morgan fingerprint density at radius 1 is 1.07 bits per heavy atom.